The van der Waals surface area contributed by atoms with Crippen LogP contribution in [0.1, 0.15) is 30.1 Å². The van der Waals surface area contributed by atoms with Gasteiger partial charge in [0.1, 0.15) is 23.8 Å². The molecule has 8 nitrogen and oxygen atoms in total. The second-order valence-electron chi connectivity index (χ2n) is 6.70. The highest BCUT2D eigenvalue weighted by Crippen LogP contribution is 2.24. The molecule has 0 aromatic heterocycles. The molecule has 4 N–H and O–H groups in total. The van der Waals surface area contributed by atoms with E-state index >= 15 is 0 Å². The lowest BCUT2D eigenvalue weighted by Crippen LogP contribution is -2.54. The van der Waals surface area contributed by atoms with Gasteiger partial charge in [-0.1, -0.05) is 0 Å². The lowest BCUT2D eigenvalue weighted by molar-refractivity contribution is -0.132. The van der Waals surface area contributed by atoms with Crippen molar-refractivity contribution in [3.63, 3.8) is 0 Å². The second-order valence-corrected chi connectivity index (χ2v) is 6.70. The molecule has 8 heteroatoms. The maximum atomic E-state index is 12.6. The maximum absolute atomic E-state index is 12.6. The number of hydrogen-bond acceptors (Lipinski definition) is 6. The summed E-state index contributed by atoms with van der Waals surface area (Å²) >= 11 is 0. The molecule has 27 heavy (non-hydrogen) atoms. The van der Waals surface area contributed by atoms with Gasteiger partial charge in [-0.25, -0.2) is 4.79 Å². The Morgan fingerprint density at radius 2 is 2.22 bits per heavy atom. The first-order chi connectivity index (χ1) is 12.8. The first kappa shape index (κ1) is 18.8. The zero-order chi connectivity index (χ0) is 19.4. The zero-order valence-electron chi connectivity index (χ0n) is 14.9. The number of hydrogen-bond donors (Lipinski definition) is 4. The van der Waals surface area contributed by atoms with E-state index in [0.717, 1.165) is 19.4 Å². The van der Waals surface area contributed by atoms with E-state index in [2.05, 4.69) is 10.6 Å². The molecule has 3 rings (SSSR count). The minimum Gasteiger partial charge on any atom is -0.508 e. The molecule has 1 saturated heterocycles. The number of rotatable bonds is 6. The summed E-state index contributed by atoms with van der Waals surface area (Å²) in [6.45, 7) is 2.77. The van der Waals surface area contributed by atoms with Crippen molar-refractivity contribution in [3.05, 3.63) is 47.7 Å². The number of phenolic OH excluding ortho intramolecular Hbond substituents is 1. The van der Waals surface area contributed by atoms with E-state index in [1.807, 2.05) is 0 Å². The average Bonchev–Trinajstić information content (AvgIpc) is 3.13. The van der Waals surface area contributed by atoms with E-state index in [9.17, 15) is 14.7 Å². The van der Waals surface area contributed by atoms with Crippen LogP contribution in [0.3, 0.4) is 0 Å². The van der Waals surface area contributed by atoms with E-state index < -0.39 is 17.5 Å². The molecule has 0 radical (unpaired) electrons. The van der Waals surface area contributed by atoms with Gasteiger partial charge in [0.05, 0.1) is 11.7 Å². The van der Waals surface area contributed by atoms with Gasteiger partial charge in [0.2, 0.25) is 0 Å². The van der Waals surface area contributed by atoms with Gasteiger partial charge < -0.3 is 30.3 Å². The summed E-state index contributed by atoms with van der Waals surface area (Å²) in [4.78, 5) is 23.5. The Hall–Kier alpha value is -3.00. The third-order valence-electron chi connectivity index (χ3n) is 4.36. The highest BCUT2D eigenvalue weighted by atomic mass is 16.5. The molecule has 1 aromatic carbocycles. The van der Waals surface area contributed by atoms with Gasteiger partial charge in [-0.05, 0) is 44.1 Å². The summed E-state index contributed by atoms with van der Waals surface area (Å²) in [5.74, 6) is -1.22. The standard InChI is InChI=1S/C19H22N2O6/c1-19(5-4-12(10-20-19)18(24)25)21-17(23)13-7-14(22)9-16(8-13)27-11-15-3-2-6-26-15/h4-5,7-10,15,20,22H,2-3,6,11H2,1H3,(H,21,23)(H,24,25). The molecule has 2 unspecified atom stereocenters. The summed E-state index contributed by atoms with van der Waals surface area (Å²) in [5.41, 5.74) is -0.647. The molecule has 0 aliphatic carbocycles. The Morgan fingerprint density at radius 1 is 1.41 bits per heavy atom. The molecule has 1 fully saturated rings. The predicted molar refractivity (Wildman–Crippen MR) is 96.4 cm³/mol. The third-order valence-corrected chi connectivity index (χ3v) is 4.36. The van der Waals surface area contributed by atoms with Crippen molar-refractivity contribution in [1.82, 2.24) is 10.6 Å². The maximum Gasteiger partial charge on any atom is 0.337 e. The van der Waals surface area contributed by atoms with Gasteiger partial charge in [-0.3, -0.25) is 4.79 Å². The van der Waals surface area contributed by atoms with Crippen LogP contribution in [0, 0.1) is 0 Å². The van der Waals surface area contributed by atoms with Crippen LogP contribution in [-0.4, -0.2) is 47.1 Å². The van der Waals surface area contributed by atoms with Crippen molar-refractivity contribution >= 4 is 11.9 Å². The normalized spacial score (nSPS) is 24.0. The van der Waals surface area contributed by atoms with Crippen LogP contribution in [0.5, 0.6) is 11.5 Å². The van der Waals surface area contributed by atoms with Crippen LogP contribution < -0.4 is 15.4 Å². The van der Waals surface area contributed by atoms with Crippen LogP contribution in [0.4, 0.5) is 0 Å². The number of dihydropyridines is 1. The highest BCUT2D eigenvalue weighted by molar-refractivity contribution is 5.96. The first-order valence-electron chi connectivity index (χ1n) is 8.66. The number of carboxylic acid groups (broad SMARTS) is 1. The van der Waals surface area contributed by atoms with Gasteiger partial charge in [-0.15, -0.1) is 0 Å². The van der Waals surface area contributed by atoms with Crippen molar-refractivity contribution in [2.24, 2.45) is 0 Å². The van der Waals surface area contributed by atoms with E-state index in [1.54, 1.807) is 19.1 Å². The number of nitrogens with one attached hydrogen (secondary N) is 2. The molecular weight excluding hydrogens is 352 g/mol. The van der Waals surface area contributed by atoms with E-state index in [0.29, 0.717) is 12.4 Å². The number of aromatic hydroxyl groups is 1. The monoisotopic (exact) mass is 374 g/mol. The van der Waals surface area contributed by atoms with Crippen molar-refractivity contribution in [2.45, 2.75) is 31.5 Å². The van der Waals surface area contributed by atoms with Crippen LogP contribution in [0.25, 0.3) is 0 Å². The highest BCUT2D eigenvalue weighted by Gasteiger charge is 2.26. The molecular formula is C19H22N2O6. The number of aliphatic carboxylic acids is 1. The quantitative estimate of drug-likeness (QED) is 0.596. The number of carbonyl (C=O) groups excluding carboxylic acids is 1. The molecule has 2 heterocycles. The fraction of sp³-hybridized carbons (Fsp3) is 0.368. The molecule has 0 spiro atoms. The molecule has 2 aliphatic heterocycles. The lowest BCUT2D eigenvalue weighted by atomic mass is 10.1. The topological polar surface area (TPSA) is 117 Å². The van der Waals surface area contributed by atoms with Gasteiger partial charge >= 0.3 is 5.97 Å². The van der Waals surface area contributed by atoms with Gasteiger partial charge in [0.15, 0.2) is 0 Å². The van der Waals surface area contributed by atoms with Crippen LogP contribution >= 0.6 is 0 Å². The lowest BCUT2D eigenvalue weighted by Gasteiger charge is -2.30. The molecule has 2 atom stereocenters. The van der Waals surface area contributed by atoms with Crippen molar-refractivity contribution < 1.29 is 29.3 Å². The summed E-state index contributed by atoms with van der Waals surface area (Å²) in [6.07, 6.45) is 6.23. The Balaban J connectivity index is 1.65. The minimum absolute atomic E-state index is 0.0235. The molecule has 0 bridgehead atoms. The molecule has 2 aliphatic rings. The Labute approximate surface area is 156 Å². The second kappa shape index (κ2) is 7.71. The van der Waals surface area contributed by atoms with Crippen LogP contribution in [0.2, 0.25) is 0 Å². The van der Waals surface area contributed by atoms with Crippen molar-refractivity contribution in [2.75, 3.05) is 13.2 Å². The third kappa shape index (κ3) is 4.79. The number of amides is 1. The Bertz CT molecular complexity index is 797. The molecule has 144 valence electrons. The van der Waals surface area contributed by atoms with E-state index in [-0.39, 0.29) is 23.0 Å². The Morgan fingerprint density at radius 3 is 2.85 bits per heavy atom. The average molecular weight is 374 g/mol. The van der Waals surface area contributed by atoms with Crippen molar-refractivity contribution in [1.29, 1.82) is 0 Å². The summed E-state index contributed by atoms with van der Waals surface area (Å²) in [7, 11) is 0. The summed E-state index contributed by atoms with van der Waals surface area (Å²) < 4.78 is 11.1. The zero-order valence-corrected chi connectivity index (χ0v) is 14.9. The van der Waals surface area contributed by atoms with Crippen LogP contribution in [-0.2, 0) is 9.53 Å². The molecule has 0 saturated carbocycles. The number of benzene rings is 1. The van der Waals surface area contributed by atoms with Crippen molar-refractivity contribution in [3.8, 4) is 11.5 Å². The first-order valence-corrected chi connectivity index (χ1v) is 8.66. The minimum atomic E-state index is -1.06. The number of phenols is 1. The van der Waals surface area contributed by atoms with E-state index in [4.69, 9.17) is 14.6 Å². The number of carboxylic acids is 1. The Kier molecular flexibility index (Phi) is 5.36. The summed E-state index contributed by atoms with van der Waals surface area (Å²) in [6, 6.07) is 4.31. The number of carbonyl (C=O) groups is 2. The largest absolute Gasteiger partial charge is 0.508 e. The van der Waals surface area contributed by atoms with Gasteiger partial charge in [0.25, 0.3) is 5.91 Å². The van der Waals surface area contributed by atoms with E-state index in [1.165, 1.54) is 24.4 Å². The van der Waals surface area contributed by atoms with Crippen LogP contribution in [0.15, 0.2) is 42.1 Å². The fourth-order valence-corrected chi connectivity index (χ4v) is 2.86. The van der Waals surface area contributed by atoms with Gasteiger partial charge in [0, 0.05) is 24.4 Å². The number of ether oxygens (including phenoxy) is 2. The van der Waals surface area contributed by atoms with Gasteiger partial charge in [-0.2, -0.15) is 0 Å². The molecule has 1 amide bonds. The summed E-state index contributed by atoms with van der Waals surface area (Å²) in [5, 5.41) is 24.5. The fourth-order valence-electron chi connectivity index (χ4n) is 2.86. The SMILES string of the molecule is CC1(NC(=O)c2cc(O)cc(OCC3CCCO3)c2)C=CC(C(=O)O)=CN1. The molecule has 1 aromatic rings. The predicted octanol–water partition coefficient (Wildman–Crippen LogP) is 1.52. The smallest absolute Gasteiger partial charge is 0.337 e.